The van der Waals surface area contributed by atoms with Crippen molar-refractivity contribution in [2.24, 2.45) is 5.41 Å². The zero-order valence-corrected chi connectivity index (χ0v) is 15.4. The molecule has 4 heteroatoms. The molecule has 1 N–H and O–H groups in total. The van der Waals surface area contributed by atoms with Crippen LogP contribution in [0, 0.1) is 5.41 Å². The molecule has 0 saturated carbocycles. The van der Waals surface area contributed by atoms with Gasteiger partial charge in [0.2, 0.25) is 0 Å². The van der Waals surface area contributed by atoms with Crippen molar-refractivity contribution < 1.29 is 0 Å². The molecule has 0 aromatic carbocycles. The summed E-state index contributed by atoms with van der Waals surface area (Å²) in [5.41, 5.74) is 1.57. The smallest absolute Gasteiger partial charge is 0.132 e. The van der Waals surface area contributed by atoms with Crippen molar-refractivity contribution in [2.45, 2.75) is 53.6 Å². The monoisotopic (exact) mass is 341 g/mol. The zero-order valence-electron chi connectivity index (χ0n) is 13.8. The highest BCUT2D eigenvalue weighted by Crippen LogP contribution is 2.24. The van der Waals surface area contributed by atoms with Gasteiger partial charge in [0.25, 0.3) is 0 Å². The number of pyridine rings is 1. The molecule has 0 unspecified atom stereocenters. The maximum Gasteiger partial charge on any atom is 0.132 e. The second kappa shape index (κ2) is 6.44. The Kier molecular flexibility index (Phi) is 5.61. The Morgan fingerprint density at radius 2 is 1.80 bits per heavy atom. The Labute approximate surface area is 132 Å². The van der Waals surface area contributed by atoms with E-state index in [0.717, 1.165) is 23.4 Å². The van der Waals surface area contributed by atoms with Crippen molar-refractivity contribution in [3.63, 3.8) is 0 Å². The molecule has 114 valence electrons. The summed E-state index contributed by atoms with van der Waals surface area (Å²) < 4.78 is 1.02. The van der Waals surface area contributed by atoms with E-state index in [1.54, 1.807) is 0 Å². The number of halogens is 1. The third-order valence-electron chi connectivity index (χ3n) is 2.79. The number of nitrogens with zero attached hydrogens (tertiary/aromatic N) is 2. The highest BCUT2D eigenvalue weighted by Gasteiger charge is 2.18. The van der Waals surface area contributed by atoms with Crippen molar-refractivity contribution in [1.29, 1.82) is 0 Å². The molecule has 0 radical (unpaired) electrons. The van der Waals surface area contributed by atoms with E-state index in [9.17, 15) is 0 Å². The van der Waals surface area contributed by atoms with E-state index in [2.05, 4.69) is 85.8 Å². The number of aromatic nitrogens is 1. The Morgan fingerprint density at radius 3 is 2.30 bits per heavy atom. The normalized spacial score (nSPS) is 12.6. The number of hydrogen-bond donors (Lipinski definition) is 1. The highest BCUT2D eigenvalue weighted by atomic mass is 79.9. The van der Waals surface area contributed by atoms with Gasteiger partial charge in [-0.1, -0.05) is 20.8 Å². The minimum Gasteiger partial charge on any atom is -0.359 e. The van der Waals surface area contributed by atoms with Gasteiger partial charge in [-0.25, -0.2) is 4.98 Å². The lowest BCUT2D eigenvalue weighted by molar-refractivity contribution is 0.412. The van der Waals surface area contributed by atoms with Gasteiger partial charge < -0.3 is 10.2 Å². The molecule has 20 heavy (non-hydrogen) atoms. The van der Waals surface area contributed by atoms with Crippen LogP contribution < -0.4 is 10.2 Å². The Hall–Kier alpha value is -0.610. The molecule has 0 spiro atoms. The van der Waals surface area contributed by atoms with Crippen LogP contribution in [0.1, 0.15) is 47.1 Å². The number of nitrogens with one attached hydrogen (secondary N) is 1. The summed E-state index contributed by atoms with van der Waals surface area (Å²) in [5, 5.41) is 3.54. The van der Waals surface area contributed by atoms with Gasteiger partial charge in [0.05, 0.1) is 0 Å². The van der Waals surface area contributed by atoms with Crippen molar-refractivity contribution in [3.8, 4) is 0 Å². The molecule has 1 aromatic rings. The quantitative estimate of drug-likeness (QED) is 0.888. The van der Waals surface area contributed by atoms with Crippen LogP contribution in [0.15, 0.2) is 16.7 Å². The van der Waals surface area contributed by atoms with Gasteiger partial charge in [-0.2, -0.15) is 0 Å². The van der Waals surface area contributed by atoms with Gasteiger partial charge in [-0.15, -0.1) is 0 Å². The molecule has 0 aliphatic heterocycles. The van der Waals surface area contributed by atoms with Crippen LogP contribution in [-0.2, 0) is 6.54 Å². The van der Waals surface area contributed by atoms with Crippen molar-refractivity contribution in [3.05, 3.63) is 22.3 Å². The molecular formula is C16H28BrN3. The molecule has 0 aliphatic carbocycles. The van der Waals surface area contributed by atoms with Crippen LogP contribution in [0.3, 0.4) is 0 Å². The van der Waals surface area contributed by atoms with Crippen LogP contribution in [0.2, 0.25) is 0 Å². The molecule has 1 rings (SSSR count). The fraction of sp³-hybridized carbons (Fsp3) is 0.688. The Morgan fingerprint density at radius 1 is 1.20 bits per heavy atom. The van der Waals surface area contributed by atoms with E-state index in [1.165, 1.54) is 5.56 Å². The van der Waals surface area contributed by atoms with Crippen LogP contribution >= 0.6 is 15.9 Å². The van der Waals surface area contributed by atoms with Crippen LogP contribution in [0.5, 0.6) is 0 Å². The molecule has 0 atom stereocenters. The third kappa shape index (κ3) is 6.23. The first-order chi connectivity index (χ1) is 8.98. The lowest BCUT2D eigenvalue weighted by Gasteiger charge is -2.30. The summed E-state index contributed by atoms with van der Waals surface area (Å²) in [6.45, 7) is 15.1. The lowest BCUT2D eigenvalue weighted by Crippen LogP contribution is -2.36. The molecular weight excluding hydrogens is 314 g/mol. The SMILES string of the molecule is CN(CC(C)(C)C)c1ncc(Br)cc1CNC(C)(C)C. The van der Waals surface area contributed by atoms with Crippen molar-refractivity contribution >= 4 is 21.7 Å². The van der Waals surface area contributed by atoms with Gasteiger partial charge in [0.1, 0.15) is 5.82 Å². The van der Waals surface area contributed by atoms with Gasteiger partial charge >= 0.3 is 0 Å². The largest absolute Gasteiger partial charge is 0.359 e. The number of hydrogen-bond acceptors (Lipinski definition) is 3. The highest BCUT2D eigenvalue weighted by molar-refractivity contribution is 9.10. The molecule has 3 nitrogen and oxygen atoms in total. The van der Waals surface area contributed by atoms with Gasteiger partial charge in [-0.05, 0) is 48.2 Å². The minimum absolute atomic E-state index is 0.0994. The molecule has 0 fully saturated rings. The number of anilines is 1. The third-order valence-corrected chi connectivity index (χ3v) is 3.23. The zero-order chi connectivity index (χ0) is 15.6. The van der Waals surface area contributed by atoms with E-state index in [1.807, 2.05) is 6.20 Å². The predicted molar refractivity (Wildman–Crippen MR) is 91.3 cm³/mol. The molecule has 0 amide bonds. The molecule has 0 aliphatic rings. The topological polar surface area (TPSA) is 28.2 Å². The first kappa shape index (κ1) is 17.4. The molecule has 1 aromatic heterocycles. The second-order valence-corrected chi connectivity index (χ2v) is 8.57. The van der Waals surface area contributed by atoms with Gasteiger partial charge in [0.15, 0.2) is 0 Å². The van der Waals surface area contributed by atoms with E-state index in [4.69, 9.17) is 0 Å². The average Bonchev–Trinajstić information content (AvgIpc) is 2.22. The Balaban J connectivity index is 2.95. The van der Waals surface area contributed by atoms with E-state index in [0.29, 0.717) is 0 Å². The van der Waals surface area contributed by atoms with Crippen LogP contribution in [0.25, 0.3) is 0 Å². The lowest BCUT2D eigenvalue weighted by atomic mass is 9.96. The fourth-order valence-electron chi connectivity index (χ4n) is 2.09. The number of rotatable bonds is 4. The maximum absolute atomic E-state index is 4.60. The van der Waals surface area contributed by atoms with Gasteiger partial charge in [-0.3, -0.25) is 0 Å². The summed E-state index contributed by atoms with van der Waals surface area (Å²) in [4.78, 5) is 6.84. The Bertz CT molecular complexity index is 444. The first-order valence-electron chi connectivity index (χ1n) is 7.08. The van der Waals surface area contributed by atoms with E-state index >= 15 is 0 Å². The fourth-order valence-corrected chi connectivity index (χ4v) is 2.47. The average molecular weight is 342 g/mol. The van der Waals surface area contributed by atoms with Crippen LogP contribution in [-0.4, -0.2) is 24.1 Å². The minimum atomic E-state index is 0.0994. The predicted octanol–water partition coefficient (Wildman–Crippen LogP) is 4.21. The summed E-state index contributed by atoms with van der Waals surface area (Å²) >= 11 is 3.52. The summed E-state index contributed by atoms with van der Waals surface area (Å²) in [6.07, 6.45) is 1.87. The summed E-state index contributed by atoms with van der Waals surface area (Å²) in [7, 11) is 2.11. The first-order valence-corrected chi connectivity index (χ1v) is 7.88. The standard InChI is InChI=1S/C16H28BrN3/c1-15(2,3)11-20(7)14-12(8-13(17)10-18-14)9-19-16(4,5)6/h8,10,19H,9,11H2,1-7H3. The second-order valence-electron chi connectivity index (χ2n) is 7.66. The van der Waals surface area contributed by atoms with Crippen molar-refractivity contribution in [2.75, 3.05) is 18.5 Å². The van der Waals surface area contributed by atoms with Gasteiger partial charge in [0, 0.05) is 41.9 Å². The van der Waals surface area contributed by atoms with Crippen molar-refractivity contribution in [1.82, 2.24) is 10.3 Å². The molecule has 0 saturated heterocycles. The summed E-state index contributed by atoms with van der Waals surface area (Å²) in [5.74, 6) is 1.06. The maximum atomic E-state index is 4.60. The molecule has 0 bridgehead atoms. The molecule has 1 heterocycles. The summed E-state index contributed by atoms with van der Waals surface area (Å²) in [6, 6.07) is 2.15. The van der Waals surface area contributed by atoms with E-state index < -0.39 is 0 Å². The van der Waals surface area contributed by atoms with Crippen LogP contribution in [0.4, 0.5) is 5.82 Å². The van der Waals surface area contributed by atoms with E-state index in [-0.39, 0.29) is 11.0 Å².